The second-order valence-corrected chi connectivity index (χ2v) is 7.11. The van der Waals surface area contributed by atoms with Crippen LogP contribution in [0.4, 0.5) is 40.6 Å². The number of nitrogens with one attached hydrogen (secondary N) is 2. The number of aryl methyl sites for hydroxylation is 1. The first-order valence-corrected chi connectivity index (χ1v) is 9.67. The number of halogens is 4. The number of para-hydroxylation sites is 1. The molecule has 0 saturated carbocycles. The lowest BCUT2D eigenvalue weighted by molar-refractivity contribution is -0.387. The number of rotatable bonds is 6. The van der Waals surface area contributed by atoms with Gasteiger partial charge in [-0.25, -0.2) is 9.97 Å². The molecule has 0 unspecified atom stereocenters. The summed E-state index contributed by atoms with van der Waals surface area (Å²) in [4.78, 5) is 18.5. The van der Waals surface area contributed by atoms with Crippen molar-refractivity contribution in [2.24, 2.45) is 7.05 Å². The fourth-order valence-corrected chi connectivity index (χ4v) is 3.47. The molecule has 2 aromatic heterocycles. The minimum Gasteiger partial charge on any atom is -0.403 e. The van der Waals surface area contributed by atoms with Crippen LogP contribution in [0.1, 0.15) is 0 Å². The number of hydrogen-bond acceptors (Lipinski definition) is 7. The molecule has 34 heavy (non-hydrogen) atoms. The van der Waals surface area contributed by atoms with Gasteiger partial charge in [0.25, 0.3) is 0 Å². The second-order valence-electron chi connectivity index (χ2n) is 7.11. The van der Waals surface area contributed by atoms with Gasteiger partial charge in [-0.15, -0.1) is 13.2 Å². The summed E-state index contributed by atoms with van der Waals surface area (Å²) < 4.78 is 58.2. The smallest absolute Gasteiger partial charge is 0.403 e. The van der Waals surface area contributed by atoms with Crippen LogP contribution in [0.2, 0.25) is 0 Å². The molecule has 2 N–H and O–H groups in total. The number of anilines is 3. The minimum absolute atomic E-state index is 0.185. The molecule has 4 aromatic rings. The first-order chi connectivity index (χ1) is 16.1. The van der Waals surface area contributed by atoms with Crippen LogP contribution in [0.15, 0.2) is 48.8 Å². The third-order valence-corrected chi connectivity index (χ3v) is 4.93. The molecule has 0 spiro atoms. The van der Waals surface area contributed by atoms with E-state index >= 15 is 0 Å². The number of hydrogen-bond donors (Lipinski definition) is 2. The third kappa shape index (κ3) is 4.40. The molecule has 0 amide bonds. The minimum atomic E-state index is -5.16. The Morgan fingerprint density at radius 2 is 1.91 bits per heavy atom. The summed E-state index contributed by atoms with van der Waals surface area (Å²) in [5, 5.41) is 17.4. The van der Waals surface area contributed by atoms with E-state index in [0.29, 0.717) is 23.0 Å². The number of ether oxygens (including phenoxy) is 1. The summed E-state index contributed by atoms with van der Waals surface area (Å²) in [5.41, 5.74) is 1.00. The fourth-order valence-electron chi connectivity index (χ4n) is 3.47. The van der Waals surface area contributed by atoms with Crippen molar-refractivity contribution in [3.05, 3.63) is 64.7 Å². The lowest BCUT2D eigenvalue weighted by Gasteiger charge is -2.15. The molecule has 0 radical (unpaired) electrons. The summed E-state index contributed by atoms with van der Waals surface area (Å²) in [5.74, 6) is -2.68. The molecule has 0 bridgehead atoms. The van der Waals surface area contributed by atoms with Crippen LogP contribution >= 0.6 is 0 Å². The van der Waals surface area contributed by atoms with E-state index in [1.165, 1.54) is 6.20 Å². The molecule has 176 valence electrons. The monoisotopic (exact) mass is 476 g/mol. The van der Waals surface area contributed by atoms with Gasteiger partial charge in [-0.1, -0.05) is 18.2 Å². The summed E-state index contributed by atoms with van der Waals surface area (Å²) in [6.07, 6.45) is -1.93. The van der Waals surface area contributed by atoms with Crippen molar-refractivity contribution in [1.29, 1.82) is 0 Å². The van der Waals surface area contributed by atoms with Crippen LogP contribution in [-0.4, -0.2) is 32.9 Å². The van der Waals surface area contributed by atoms with E-state index in [1.54, 1.807) is 7.05 Å². The topological polar surface area (TPSA) is 107 Å². The van der Waals surface area contributed by atoms with E-state index in [4.69, 9.17) is 0 Å². The molecule has 0 aliphatic carbocycles. The molecule has 0 atom stereocenters. The quantitative estimate of drug-likeness (QED) is 0.219. The summed E-state index contributed by atoms with van der Waals surface area (Å²) in [6, 6.07) is 8.39. The number of nitro groups is 1. The van der Waals surface area contributed by atoms with E-state index in [-0.39, 0.29) is 12.0 Å². The van der Waals surface area contributed by atoms with E-state index < -0.39 is 34.2 Å². The molecule has 2 aromatic carbocycles. The number of nitrogens with zero attached hydrogens (tertiary/aromatic N) is 4. The van der Waals surface area contributed by atoms with Crippen LogP contribution in [-0.2, 0) is 7.05 Å². The molecule has 2 heterocycles. The predicted octanol–water partition coefficient (Wildman–Crippen LogP) is 5.37. The number of fused-ring (bicyclic) bond motifs is 1. The highest BCUT2D eigenvalue weighted by atomic mass is 19.4. The van der Waals surface area contributed by atoms with Crippen molar-refractivity contribution in [2.45, 2.75) is 6.36 Å². The van der Waals surface area contributed by atoms with Crippen LogP contribution in [0.5, 0.6) is 5.75 Å². The van der Waals surface area contributed by atoms with Crippen molar-refractivity contribution >= 4 is 33.9 Å². The van der Waals surface area contributed by atoms with Gasteiger partial charge in [-0.3, -0.25) is 10.1 Å². The third-order valence-electron chi connectivity index (χ3n) is 4.93. The second kappa shape index (κ2) is 8.50. The first kappa shape index (κ1) is 22.8. The van der Waals surface area contributed by atoms with Gasteiger partial charge in [0, 0.05) is 48.9 Å². The lowest BCUT2D eigenvalue weighted by Crippen LogP contribution is -2.18. The van der Waals surface area contributed by atoms with Gasteiger partial charge >= 0.3 is 12.0 Å². The Bertz CT molecular complexity index is 1400. The van der Waals surface area contributed by atoms with Crippen LogP contribution in [0.3, 0.4) is 0 Å². The van der Waals surface area contributed by atoms with Crippen molar-refractivity contribution in [3.63, 3.8) is 0 Å². The number of benzene rings is 2. The SMILES string of the molecule is CNc1cnc(Nc2cc([N+](=O)[O-])c(F)cc2OC(F)(F)F)nc1-c1cn(C)c2ccccc12. The van der Waals surface area contributed by atoms with Crippen LogP contribution in [0, 0.1) is 15.9 Å². The molecule has 4 rings (SSSR count). The van der Waals surface area contributed by atoms with Crippen molar-refractivity contribution in [2.75, 3.05) is 17.7 Å². The largest absolute Gasteiger partial charge is 0.573 e. The van der Waals surface area contributed by atoms with E-state index in [2.05, 4.69) is 25.3 Å². The van der Waals surface area contributed by atoms with Gasteiger partial charge < -0.3 is 19.9 Å². The molecular weight excluding hydrogens is 460 g/mol. The summed E-state index contributed by atoms with van der Waals surface area (Å²) in [6.45, 7) is 0. The molecule has 0 saturated heterocycles. The Kier molecular flexibility index (Phi) is 5.69. The maximum atomic E-state index is 14.0. The Labute approximate surface area is 189 Å². The number of nitro benzene ring substituents is 1. The van der Waals surface area contributed by atoms with Gasteiger partial charge in [-0.05, 0) is 6.07 Å². The molecule has 0 aliphatic heterocycles. The maximum absolute atomic E-state index is 14.0. The highest BCUT2D eigenvalue weighted by Gasteiger charge is 2.34. The van der Waals surface area contributed by atoms with Gasteiger partial charge in [0.05, 0.1) is 22.5 Å². The standard InChI is InChI=1S/C21H16F4N6O3/c1-26-15-9-27-20(29-19(15)12-10-30(2)16-6-4-3-5-11(12)16)28-14-8-17(31(32)33)13(22)7-18(14)34-21(23,24)25/h3-10,26H,1-2H3,(H,27,28,29). The zero-order valence-corrected chi connectivity index (χ0v) is 17.6. The summed E-state index contributed by atoms with van der Waals surface area (Å²) in [7, 11) is 3.50. The first-order valence-electron chi connectivity index (χ1n) is 9.67. The summed E-state index contributed by atoms with van der Waals surface area (Å²) >= 11 is 0. The van der Waals surface area contributed by atoms with E-state index in [0.717, 1.165) is 10.9 Å². The van der Waals surface area contributed by atoms with Gasteiger partial charge in [-0.2, -0.15) is 4.39 Å². The highest BCUT2D eigenvalue weighted by Crippen LogP contribution is 2.38. The Hall–Kier alpha value is -4.42. The average Bonchev–Trinajstić information content (AvgIpc) is 3.11. The predicted molar refractivity (Wildman–Crippen MR) is 117 cm³/mol. The Morgan fingerprint density at radius 1 is 1.18 bits per heavy atom. The zero-order valence-electron chi connectivity index (χ0n) is 17.6. The van der Waals surface area contributed by atoms with Crippen molar-refractivity contribution in [1.82, 2.24) is 14.5 Å². The lowest BCUT2D eigenvalue weighted by atomic mass is 10.1. The van der Waals surface area contributed by atoms with E-state index in [1.807, 2.05) is 42.1 Å². The highest BCUT2D eigenvalue weighted by molar-refractivity contribution is 5.98. The molecular formula is C21H16F4N6O3. The van der Waals surface area contributed by atoms with Gasteiger partial charge in [0.1, 0.15) is 5.69 Å². The Balaban J connectivity index is 1.83. The zero-order chi connectivity index (χ0) is 24.6. The normalized spacial score (nSPS) is 11.5. The molecule has 13 heteroatoms. The number of alkyl halides is 3. The maximum Gasteiger partial charge on any atom is 0.573 e. The Morgan fingerprint density at radius 3 is 2.59 bits per heavy atom. The average molecular weight is 476 g/mol. The van der Waals surface area contributed by atoms with Crippen molar-refractivity contribution in [3.8, 4) is 17.0 Å². The van der Waals surface area contributed by atoms with E-state index in [9.17, 15) is 27.7 Å². The number of aromatic nitrogens is 3. The van der Waals surface area contributed by atoms with Gasteiger partial charge in [0.15, 0.2) is 5.75 Å². The fraction of sp³-hybridized carbons (Fsp3) is 0.143. The van der Waals surface area contributed by atoms with Crippen LogP contribution < -0.4 is 15.4 Å². The molecule has 0 fully saturated rings. The van der Waals surface area contributed by atoms with Crippen molar-refractivity contribution < 1.29 is 27.2 Å². The molecule has 0 aliphatic rings. The van der Waals surface area contributed by atoms with Crippen LogP contribution in [0.25, 0.3) is 22.2 Å². The molecule has 9 nitrogen and oxygen atoms in total. The van der Waals surface area contributed by atoms with Gasteiger partial charge in [0.2, 0.25) is 11.8 Å².